The van der Waals surface area contributed by atoms with Gasteiger partial charge in [0.1, 0.15) is 5.75 Å². The van der Waals surface area contributed by atoms with Crippen LogP contribution in [0, 0.1) is 5.41 Å². The van der Waals surface area contributed by atoms with Gasteiger partial charge in [-0.2, -0.15) is 0 Å². The van der Waals surface area contributed by atoms with E-state index < -0.39 is 0 Å². The molecule has 1 aromatic rings. The molecule has 1 amide bonds. The van der Waals surface area contributed by atoms with Crippen LogP contribution in [-0.2, 0) is 0 Å². The summed E-state index contributed by atoms with van der Waals surface area (Å²) in [5.41, 5.74) is 0.900. The Morgan fingerprint density at radius 3 is 2.71 bits per heavy atom. The first-order valence-electron chi connectivity index (χ1n) is 7.77. The fourth-order valence-electron chi connectivity index (χ4n) is 2.79. The normalized spacial score (nSPS) is 20.8. The van der Waals surface area contributed by atoms with Gasteiger partial charge in [0.15, 0.2) is 0 Å². The monoisotopic (exact) mass is 290 g/mol. The summed E-state index contributed by atoms with van der Waals surface area (Å²) in [5.74, 6) is 0.769. The smallest absolute Gasteiger partial charge is 0.251 e. The van der Waals surface area contributed by atoms with Gasteiger partial charge in [-0.25, -0.2) is 0 Å². The van der Waals surface area contributed by atoms with Crippen molar-refractivity contribution in [3.05, 3.63) is 29.8 Å². The predicted octanol–water partition coefficient (Wildman–Crippen LogP) is 2.59. The topological polar surface area (TPSA) is 50.4 Å². The summed E-state index contributed by atoms with van der Waals surface area (Å²) in [6.07, 6.45) is 2.40. The molecule has 0 bridgehead atoms. The third kappa shape index (κ3) is 4.21. The second-order valence-electron chi connectivity index (χ2n) is 6.27. The molecule has 0 spiro atoms. The zero-order chi connectivity index (χ0) is 15.3. The lowest BCUT2D eigenvalue weighted by molar-refractivity contribution is 0.0929. The standard InChI is InChI=1S/C17H26N2O2/c1-4-21-14-8-6-13(7-9-14)16(20)19-12-15-17(2,3)10-5-11-18-15/h6-9,15,18H,4-5,10-12H2,1-3H3,(H,19,20). The van der Waals surface area contributed by atoms with Crippen LogP contribution in [0.4, 0.5) is 0 Å². The summed E-state index contributed by atoms with van der Waals surface area (Å²) in [5, 5.41) is 6.54. The van der Waals surface area contributed by atoms with Gasteiger partial charge in [-0.05, 0) is 56.0 Å². The molecule has 4 nitrogen and oxygen atoms in total. The zero-order valence-electron chi connectivity index (χ0n) is 13.2. The minimum atomic E-state index is -0.0266. The SMILES string of the molecule is CCOc1ccc(C(=O)NCC2NCCCC2(C)C)cc1. The van der Waals surface area contributed by atoms with Gasteiger partial charge in [-0.3, -0.25) is 4.79 Å². The molecule has 1 aromatic carbocycles. The third-order valence-electron chi connectivity index (χ3n) is 4.23. The summed E-state index contributed by atoms with van der Waals surface area (Å²) in [6.45, 7) is 8.79. The molecule has 2 N–H and O–H groups in total. The number of hydrogen-bond acceptors (Lipinski definition) is 3. The maximum absolute atomic E-state index is 12.2. The second kappa shape index (κ2) is 6.94. The zero-order valence-corrected chi connectivity index (χ0v) is 13.2. The average molecular weight is 290 g/mol. The number of hydrogen-bond donors (Lipinski definition) is 2. The molecule has 0 aromatic heterocycles. The maximum Gasteiger partial charge on any atom is 0.251 e. The van der Waals surface area contributed by atoms with Gasteiger partial charge in [-0.15, -0.1) is 0 Å². The van der Waals surface area contributed by atoms with Crippen LogP contribution in [0.2, 0.25) is 0 Å². The lowest BCUT2D eigenvalue weighted by Crippen LogP contribution is -2.52. The van der Waals surface area contributed by atoms with Crippen LogP contribution >= 0.6 is 0 Å². The van der Waals surface area contributed by atoms with Crippen LogP contribution in [0.15, 0.2) is 24.3 Å². The summed E-state index contributed by atoms with van der Waals surface area (Å²) in [7, 11) is 0. The van der Waals surface area contributed by atoms with E-state index in [0.29, 0.717) is 24.8 Å². The van der Waals surface area contributed by atoms with Gasteiger partial charge in [0.05, 0.1) is 6.61 Å². The van der Waals surface area contributed by atoms with Crippen LogP contribution in [0.25, 0.3) is 0 Å². The Morgan fingerprint density at radius 2 is 2.10 bits per heavy atom. The predicted molar refractivity (Wildman–Crippen MR) is 84.7 cm³/mol. The number of amides is 1. The van der Waals surface area contributed by atoms with Crippen molar-refractivity contribution in [2.45, 2.75) is 39.7 Å². The Balaban J connectivity index is 1.89. The molecular formula is C17H26N2O2. The van der Waals surface area contributed by atoms with E-state index in [2.05, 4.69) is 24.5 Å². The highest BCUT2D eigenvalue weighted by Gasteiger charge is 2.31. The van der Waals surface area contributed by atoms with E-state index in [9.17, 15) is 4.79 Å². The number of rotatable bonds is 5. The maximum atomic E-state index is 12.2. The van der Waals surface area contributed by atoms with E-state index in [4.69, 9.17) is 4.74 Å². The highest BCUT2D eigenvalue weighted by atomic mass is 16.5. The van der Waals surface area contributed by atoms with Crippen LogP contribution in [0.1, 0.15) is 44.0 Å². The second-order valence-corrected chi connectivity index (χ2v) is 6.27. The molecule has 2 rings (SSSR count). The van der Waals surface area contributed by atoms with Crippen LogP contribution in [0.3, 0.4) is 0 Å². The molecule has 1 saturated heterocycles. The number of ether oxygens (including phenoxy) is 1. The van der Waals surface area contributed by atoms with Crippen molar-refractivity contribution in [2.24, 2.45) is 5.41 Å². The Bertz CT molecular complexity index is 468. The van der Waals surface area contributed by atoms with Crippen molar-refractivity contribution in [1.29, 1.82) is 0 Å². The van der Waals surface area contributed by atoms with E-state index in [1.54, 1.807) is 12.1 Å². The first-order valence-corrected chi connectivity index (χ1v) is 7.77. The van der Waals surface area contributed by atoms with Crippen LogP contribution < -0.4 is 15.4 Å². The Kier molecular flexibility index (Phi) is 5.23. The molecule has 0 saturated carbocycles. The minimum absolute atomic E-state index is 0.0266. The summed E-state index contributed by atoms with van der Waals surface area (Å²) < 4.78 is 5.38. The van der Waals surface area contributed by atoms with Crippen LogP contribution in [0.5, 0.6) is 5.75 Å². The molecular weight excluding hydrogens is 264 g/mol. The molecule has 4 heteroatoms. The van der Waals surface area contributed by atoms with E-state index in [1.807, 2.05) is 19.1 Å². The Labute approximate surface area is 127 Å². The largest absolute Gasteiger partial charge is 0.494 e. The molecule has 1 atom stereocenters. The molecule has 1 fully saturated rings. The summed E-state index contributed by atoms with van der Waals surface area (Å²) in [6, 6.07) is 7.61. The van der Waals surface area contributed by atoms with Crippen molar-refractivity contribution in [3.8, 4) is 5.75 Å². The van der Waals surface area contributed by atoms with Crippen molar-refractivity contribution in [3.63, 3.8) is 0 Å². The van der Waals surface area contributed by atoms with Crippen molar-refractivity contribution in [1.82, 2.24) is 10.6 Å². The Hall–Kier alpha value is -1.55. The lowest BCUT2D eigenvalue weighted by atomic mass is 9.77. The van der Waals surface area contributed by atoms with Gasteiger partial charge < -0.3 is 15.4 Å². The van der Waals surface area contributed by atoms with Crippen molar-refractivity contribution < 1.29 is 9.53 Å². The number of benzene rings is 1. The molecule has 1 unspecified atom stereocenters. The van der Waals surface area contributed by atoms with Crippen molar-refractivity contribution in [2.75, 3.05) is 19.7 Å². The fourth-order valence-corrected chi connectivity index (χ4v) is 2.79. The highest BCUT2D eigenvalue weighted by molar-refractivity contribution is 5.94. The average Bonchev–Trinajstić information content (AvgIpc) is 2.46. The van der Waals surface area contributed by atoms with Crippen LogP contribution in [-0.4, -0.2) is 31.6 Å². The van der Waals surface area contributed by atoms with Gasteiger partial charge in [-0.1, -0.05) is 13.8 Å². The van der Waals surface area contributed by atoms with E-state index >= 15 is 0 Å². The number of carbonyl (C=O) groups is 1. The highest BCUT2D eigenvalue weighted by Crippen LogP contribution is 2.29. The molecule has 116 valence electrons. The quantitative estimate of drug-likeness (QED) is 0.876. The molecule has 0 aliphatic carbocycles. The Morgan fingerprint density at radius 1 is 1.38 bits per heavy atom. The molecule has 1 aliphatic rings. The van der Waals surface area contributed by atoms with Gasteiger partial charge >= 0.3 is 0 Å². The first-order chi connectivity index (χ1) is 10.0. The summed E-state index contributed by atoms with van der Waals surface area (Å²) in [4.78, 5) is 12.2. The van der Waals surface area contributed by atoms with E-state index in [-0.39, 0.29) is 11.3 Å². The molecule has 0 radical (unpaired) electrons. The van der Waals surface area contributed by atoms with Gasteiger partial charge in [0, 0.05) is 18.2 Å². The number of piperidine rings is 1. The fraction of sp³-hybridized carbons (Fsp3) is 0.588. The van der Waals surface area contributed by atoms with Gasteiger partial charge in [0.25, 0.3) is 5.91 Å². The first kappa shape index (κ1) is 15.8. The van der Waals surface area contributed by atoms with E-state index in [0.717, 1.165) is 12.3 Å². The molecule has 1 heterocycles. The summed E-state index contributed by atoms with van der Waals surface area (Å²) >= 11 is 0. The van der Waals surface area contributed by atoms with Crippen molar-refractivity contribution >= 4 is 5.91 Å². The number of carbonyl (C=O) groups excluding carboxylic acids is 1. The number of nitrogens with one attached hydrogen (secondary N) is 2. The van der Waals surface area contributed by atoms with E-state index in [1.165, 1.54) is 12.8 Å². The molecule has 1 aliphatic heterocycles. The van der Waals surface area contributed by atoms with Gasteiger partial charge in [0.2, 0.25) is 0 Å². The molecule has 21 heavy (non-hydrogen) atoms. The minimum Gasteiger partial charge on any atom is -0.494 e. The lowest BCUT2D eigenvalue weighted by Gasteiger charge is -2.39. The third-order valence-corrected chi connectivity index (χ3v) is 4.23.